The number of hydrogen-bond donors (Lipinski definition) is 2. The first kappa shape index (κ1) is 15.7. The van der Waals surface area contributed by atoms with E-state index in [0.29, 0.717) is 0 Å². The minimum Gasteiger partial charge on any atom is -1.00 e. The fourth-order valence-electron chi connectivity index (χ4n) is 0.232. The second-order valence-corrected chi connectivity index (χ2v) is 3.76. The van der Waals surface area contributed by atoms with E-state index in [-0.39, 0.29) is 42.9 Å². The zero-order valence-corrected chi connectivity index (χ0v) is 10.7. The molecule has 0 heterocycles. The van der Waals surface area contributed by atoms with Gasteiger partial charge in [0.1, 0.15) is 11.9 Å². The van der Waals surface area contributed by atoms with Gasteiger partial charge in [-0.05, 0) is 21.6 Å². The average molecular weight is 236 g/mol. The molecule has 72 valence electrons. The van der Waals surface area contributed by atoms with Crippen LogP contribution in [0.1, 0.15) is 1.43 Å². The third-order valence-electron chi connectivity index (χ3n) is 0.582. The van der Waals surface area contributed by atoms with E-state index in [9.17, 15) is 9.59 Å². The third kappa shape index (κ3) is 15.0. The smallest absolute Gasteiger partial charge is 1.00 e. The molecule has 2 amide bonds. The van der Waals surface area contributed by atoms with Crippen molar-refractivity contribution in [1.82, 2.24) is 0 Å². The number of ether oxygens (including phenoxy) is 2. The number of carbonyl (C=O) groups excluding carboxylic acids is 2. The van der Waals surface area contributed by atoms with E-state index in [0.717, 1.165) is 0 Å². The van der Waals surface area contributed by atoms with E-state index >= 15 is 0 Å². The van der Waals surface area contributed by atoms with Gasteiger partial charge in [-0.3, -0.25) is 0 Å². The first-order valence-electron chi connectivity index (χ1n) is 2.72. The molecule has 0 aliphatic carbocycles. The van der Waals surface area contributed by atoms with Gasteiger partial charge in [-0.1, -0.05) is 0 Å². The van der Waals surface area contributed by atoms with Crippen LogP contribution in [0, 0.1) is 0 Å². The first-order chi connectivity index (χ1) is 5.63. The maximum atomic E-state index is 10.0. The summed E-state index contributed by atoms with van der Waals surface area (Å²) in [4.78, 5) is 20.0. The van der Waals surface area contributed by atoms with Crippen LogP contribution in [0.4, 0.5) is 9.59 Å². The van der Waals surface area contributed by atoms with Crippen molar-refractivity contribution in [3.8, 4) is 0 Å². The van der Waals surface area contributed by atoms with Gasteiger partial charge in [0.2, 0.25) is 0 Å². The van der Waals surface area contributed by atoms with Gasteiger partial charge >= 0.3 is 41.7 Å². The minimum absolute atomic E-state index is 0. The molecule has 0 saturated heterocycles. The van der Waals surface area contributed by atoms with Crippen LogP contribution in [-0.2, 0) is 9.47 Å². The molecule has 0 aliphatic rings. The Balaban J connectivity index is -0.000000605. The zero-order chi connectivity index (χ0) is 9.40. The summed E-state index contributed by atoms with van der Waals surface area (Å²) in [5.74, 6) is 0.226. The number of carbonyl (C=O) groups is 2. The second kappa shape index (κ2) is 10.3. The molecule has 0 bridgehead atoms. The van der Waals surface area contributed by atoms with Crippen LogP contribution in [0.15, 0.2) is 0 Å². The third-order valence-corrected chi connectivity index (χ3v) is 2.25. The molecule has 0 fully saturated rings. The van der Waals surface area contributed by atoms with E-state index in [1.54, 1.807) is 0 Å². The van der Waals surface area contributed by atoms with E-state index in [1.807, 2.05) is 0 Å². The van der Waals surface area contributed by atoms with Gasteiger partial charge < -0.3 is 22.4 Å². The Labute approximate surface area is 107 Å². The van der Waals surface area contributed by atoms with Crippen LogP contribution in [0.2, 0.25) is 0 Å². The van der Waals surface area contributed by atoms with Gasteiger partial charge in [0, 0.05) is 0 Å². The van der Waals surface area contributed by atoms with Crippen molar-refractivity contribution >= 4 is 33.8 Å². The molecule has 0 radical (unpaired) electrons. The minimum atomic E-state index is -0.834. The number of hydrogen-bond acceptors (Lipinski definition) is 6. The predicted molar refractivity (Wildman–Crippen MR) is 47.4 cm³/mol. The van der Waals surface area contributed by atoms with Gasteiger partial charge in [-0.2, -0.15) is 0 Å². The van der Waals surface area contributed by atoms with Crippen molar-refractivity contribution < 1.29 is 50.0 Å². The summed E-state index contributed by atoms with van der Waals surface area (Å²) in [5, 5.41) is 0. The summed E-state index contributed by atoms with van der Waals surface area (Å²) in [5.41, 5.74) is 9.33. The molecule has 6 nitrogen and oxygen atoms in total. The summed E-state index contributed by atoms with van der Waals surface area (Å²) in [7, 11) is 2.37. The number of primary amides is 2. The van der Waals surface area contributed by atoms with Crippen LogP contribution in [0.3, 0.4) is 0 Å². The molecular weight excluding hydrogens is 227 g/mol. The monoisotopic (exact) mass is 236 g/mol. The maximum absolute atomic E-state index is 10.0. The summed E-state index contributed by atoms with van der Waals surface area (Å²) in [6.45, 7) is 0. The molecule has 0 aliphatic heterocycles. The molecular formula is C4H9N2NaO4S2. The van der Waals surface area contributed by atoms with E-state index < -0.39 is 12.2 Å². The SMILES string of the molecule is NC(=O)OCSSCOC(N)=O.[H-].[Na+]. The largest absolute Gasteiger partial charge is 1.00 e. The molecule has 9 heteroatoms. The van der Waals surface area contributed by atoms with Crippen LogP contribution >= 0.6 is 21.6 Å². The van der Waals surface area contributed by atoms with Crippen molar-refractivity contribution in [2.45, 2.75) is 0 Å². The topological polar surface area (TPSA) is 105 Å². The van der Waals surface area contributed by atoms with Crippen molar-refractivity contribution in [2.24, 2.45) is 11.5 Å². The summed E-state index contributed by atoms with van der Waals surface area (Å²) in [6, 6.07) is 0. The van der Waals surface area contributed by atoms with Gasteiger partial charge in [-0.25, -0.2) is 9.59 Å². The van der Waals surface area contributed by atoms with E-state index in [1.165, 1.54) is 21.6 Å². The molecule has 0 unspecified atom stereocenters. The van der Waals surface area contributed by atoms with Gasteiger partial charge in [-0.15, -0.1) is 0 Å². The molecule has 0 rings (SSSR count). The summed E-state index contributed by atoms with van der Waals surface area (Å²) < 4.78 is 8.72. The first-order valence-corrected chi connectivity index (χ1v) is 5.20. The molecule has 0 atom stereocenters. The van der Waals surface area contributed by atoms with Gasteiger partial charge in [0.25, 0.3) is 0 Å². The normalized spacial score (nSPS) is 8.31. The van der Waals surface area contributed by atoms with Crippen molar-refractivity contribution in [3.05, 3.63) is 0 Å². The Morgan fingerprint density at radius 2 is 1.38 bits per heavy atom. The molecule has 0 saturated carbocycles. The average Bonchev–Trinajstić information content (AvgIpc) is 1.95. The Bertz CT molecular complexity index is 157. The Morgan fingerprint density at radius 1 is 1.08 bits per heavy atom. The van der Waals surface area contributed by atoms with Crippen LogP contribution in [0.5, 0.6) is 0 Å². The molecule has 0 aromatic heterocycles. The van der Waals surface area contributed by atoms with Crippen molar-refractivity contribution in [3.63, 3.8) is 0 Å². The predicted octanol–water partition coefficient (Wildman–Crippen LogP) is -2.41. The molecule has 0 spiro atoms. The van der Waals surface area contributed by atoms with Crippen LogP contribution in [-0.4, -0.2) is 24.1 Å². The Morgan fingerprint density at radius 3 is 1.62 bits per heavy atom. The molecule has 13 heavy (non-hydrogen) atoms. The van der Waals surface area contributed by atoms with Crippen molar-refractivity contribution in [1.29, 1.82) is 0 Å². The quantitative estimate of drug-likeness (QED) is 0.238. The van der Waals surface area contributed by atoms with Gasteiger partial charge in [0.15, 0.2) is 0 Å². The Hall–Kier alpha value is 0.240. The van der Waals surface area contributed by atoms with Crippen LogP contribution < -0.4 is 41.0 Å². The number of nitrogens with two attached hydrogens (primary N) is 2. The van der Waals surface area contributed by atoms with E-state index in [4.69, 9.17) is 0 Å². The van der Waals surface area contributed by atoms with Crippen LogP contribution in [0.25, 0.3) is 0 Å². The maximum Gasteiger partial charge on any atom is 1.00 e. The van der Waals surface area contributed by atoms with E-state index in [2.05, 4.69) is 20.9 Å². The molecule has 0 aromatic rings. The fraction of sp³-hybridized carbons (Fsp3) is 0.500. The fourth-order valence-corrected chi connectivity index (χ4v) is 1.39. The second-order valence-electron chi connectivity index (χ2n) is 1.40. The summed E-state index contributed by atoms with van der Waals surface area (Å²) >= 11 is 0. The molecule has 4 N–H and O–H groups in total. The molecule has 0 aromatic carbocycles. The van der Waals surface area contributed by atoms with Gasteiger partial charge in [0.05, 0.1) is 0 Å². The summed E-state index contributed by atoms with van der Waals surface area (Å²) in [6.07, 6.45) is -1.67. The standard InChI is InChI=1S/C4H8N2O4S2.Na.H/c5-3(7)9-1-11-12-2-10-4(6)8;;/h1-2H2,(H2,5,7)(H2,6,8);;/q;+1;-1. The number of amides is 2. The zero-order valence-electron chi connectivity index (χ0n) is 8.02. The van der Waals surface area contributed by atoms with Crippen molar-refractivity contribution in [2.75, 3.05) is 11.9 Å². The Kier molecular flexibility index (Phi) is 12.5. The number of rotatable bonds is 5.